The van der Waals surface area contributed by atoms with Gasteiger partial charge in [0, 0.05) is 31.2 Å². The van der Waals surface area contributed by atoms with E-state index < -0.39 is 40.7 Å². The number of carbonyl (C=O) groups excluding carboxylic acids is 2. The van der Waals surface area contributed by atoms with Gasteiger partial charge in [-0.05, 0) is 73.5 Å². The van der Waals surface area contributed by atoms with Crippen LogP contribution in [-0.2, 0) is 25.4 Å². The van der Waals surface area contributed by atoms with Crippen molar-refractivity contribution >= 4 is 33.9 Å². The smallest absolute Gasteiger partial charge is 0.416 e. The normalized spacial score (nSPS) is 11.5. The maximum Gasteiger partial charge on any atom is 0.416 e. The summed E-state index contributed by atoms with van der Waals surface area (Å²) < 4.78 is 82.1. The topological polar surface area (TPSA) is 139 Å². The predicted molar refractivity (Wildman–Crippen MR) is 183 cm³/mol. The molecule has 2 aromatic carbocycles. The van der Waals surface area contributed by atoms with E-state index in [2.05, 4.69) is 30.6 Å². The van der Waals surface area contributed by atoms with Crippen LogP contribution >= 0.6 is 0 Å². The lowest BCUT2D eigenvalue weighted by atomic mass is 10.1. The number of aromatic amines is 1. The van der Waals surface area contributed by atoms with Crippen molar-refractivity contribution in [2.45, 2.75) is 39.3 Å². The number of ether oxygens (including phenoxy) is 1. The second-order valence-corrected chi connectivity index (χ2v) is 11.6. The van der Waals surface area contributed by atoms with Crippen molar-refractivity contribution in [1.29, 1.82) is 0 Å². The fourth-order valence-corrected chi connectivity index (χ4v) is 5.42. The van der Waals surface area contributed by atoms with Crippen LogP contribution in [0, 0.1) is 13.8 Å². The molecule has 2 amide bonds. The first-order valence-electron chi connectivity index (χ1n) is 15.7. The second kappa shape index (κ2) is 15.5. The number of nitrogens with one attached hydrogen (secondary N) is 3. The number of H-pyrrole nitrogens is 1. The maximum atomic E-state index is 12.8. The fraction of sp³-hybridized carbons (Fsp3) is 0.189. The van der Waals surface area contributed by atoms with E-state index in [1.807, 2.05) is 0 Å². The number of halogens is 6. The monoisotopic (exact) mass is 736 g/mol. The van der Waals surface area contributed by atoms with Crippen LogP contribution < -0.4 is 20.8 Å². The van der Waals surface area contributed by atoms with Gasteiger partial charge in [0.25, 0.3) is 11.8 Å². The largest absolute Gasteiger partial charge is 0.495 e. The van der Waals surface area contributed by atoms with Gasteiger partial charge in [0.15, 0.2) is 5.65 Å². The number of alkyl halides is 6. The molecule has 0 bridgehead atoms. The first-order valence-corrected chi connectivity index (χ1v) is 15.7. The Labute approximate surface area is 297 Å². The van der Waals surface area contributed by atoms with E-state index in [1.54, 1.807) is 44.3 Å². The zero-order valence-electron chi connectivity index (χ0n) is 28.2. The summed E-state index contributed by atoms with van der Waals surface area (Å²) in [4.78, 5) is 53.0. The van der Waals surface area contributed by atoms with Crippen LogP contribution in [0.15, 0.2) is 90.0 Å². The molecule has 0 aliphatic carbocycles. The number of amides is 2. The number of hydrogen-bond acceptors (Lipinski definition) is 7. The summed E-state index contributed by atoms with van der Waals surface area (Å²) in [6, 6.07) is 16.0. The minimum atomic E-state index is -4.46. The van der Waals surface area contributed by atoms with E-state index in [0.717, 1.165) is 24.3 Å². The van der Waals surface area contributed by atoms with Crippen LogP contribution in [0.3, 0.4) is 0 Å². The number of pyridine rings is 4. The molecule has 6 aromatic rings. The van der Waals surface area contributed by atoms with Crippen molar-refractivity contribution in [1.82, 2.24) is 30.6 Å². The van der Waals surface area contributed by atoms with Crippen LogP contribution in [0.4, 0.5) is 26.3 Å². The molecule has 4 heterocycles. The van der Waals surface area contributed by atoms with Crippen molar-refractivity contribution < 1.29 is 40.7 Å². The van der Waals surface area contributed by atoms with E-state index >= 15 is 0 Å². The summed E-state index contributed by atoms with van der Waals surface area (Å²) in [5.41, 5.74) is 0.285. The lowest BCUT2D eigenvalue weighted by Gasteiger charge is -2.14. The Morgan fingerprint density at radius 2 is 1.26 bits per heavy atom. The van der Waals surface area contributed by atoms with Crippen molar-refractivity contribution in [3.63, 3.8) is 0 Å². The molecular formula is C37H30F6N6O4. The third-order valence-electron chi connectivity index (χ3n) is 7.93. The number of hydrogen-bond donors (Lipinski definition) is 3. The Morgan fingerprint density at radius 1 is 0.736 bits per heavy atom. The Balaban J connectivity index is 0.000000204. The number of methoxy groups -OCH3 is 1. The van der Waals surface area contributed by atoms with E-state index in [-0.39, 0.29) is 35.2 Å². The Morgan fingerprint density at radius 3 is 1.81 bits per heavy atom. The van der Waals surface area contributed by atoms with E-state index in [4.69, 9.17) is 4.74 Å². The van der Waals surface area contributed by atoms with Gasteiger partial charge < -0.3 is 20.4 Å². The number of aryl methyl sites for hydroxylation is 2. The molecule has 0 spiro atoms. The van der Waals surface area contributed by atoms with Gasteiger partial charge in [0.05, 0.1) is 34.7 Å². The zero-order valence-corrected chi connectivity index (χ0v) is 28.2. The van der Waals surface area contributed by atoms with Gasteiger partial charge in [-0.2, -0.15) is 26.3 Å². The molecule has 0 unspecified atom stereocenters. The van der Waals surface area contributed by atoms with Crippen LogP contribution in [0.25, 0.3) is 22.1 Å². The van der Waals surface area contributed by atoms with Gasteiger partial charge >= 0.3 is 12.4 Å². The molecule has 0 fully saturated rings. The molecule has 0 atom stereocenters. The van der Waals surface area contributed by atoms with Gasteiger partial charge in [-0.1, -0.05) is 24.3 Å². The number of benzene rings is 2. The molecule has 0 saturated carbocycles. The maximum absolute atomic E-state index is 12.8. The van der Waals surface area contributed by atoms with Gasteiger partial charge in [-0.3, -0.25) is 14.4 Å². The minimum Gasteiger partial charge on any atom is -0.495 e. The number of nitrogens with zero attached hydrogens (tertiary/aromatic N) is 3. The van der Waals surface area contributed by atoms with Crippen molar-refractivity contribution in [3.8, 4) is 5.75 Å². The van der Waals surface area contributed by atoms with E-state index in [0.29, 0.717) is 39.4 Å². The Bertz CT molecular complexity index is 2380. The molecule has 0 saturated heterocycles. The van der Waals surface area contributed by atoms with Gasteiger partial charge in [0.1, 0.15) is 22.5 Å². The van der Waals surface area contributed by atoms with Crippen LogP contribution in [-0.4, -0.2) is 38.9 Å². The highest BCUT2D eigenvalue weighted by molar-refractivity contribution is 6.03. The molecule has 10 nitrogen and oxygen atoms in total. The van der Waals surface area contributed by atoms with Crippen LogP contribution in [0.1, 0.15) is 54.4 Å². The third kappa shape index (κ3) is 8.77. The van der Waals surface area contributed by atoms with Gasteiger partial charge in [0.2, 0.25) is 5.43 Å². The van der Waals surface area contributed by atoms with Gasteiger partial charge in [-0.15, -0.1) is 0 Å². The average Bonchev–Trinajstić information content (AvgIpc) is 3.12. The first-order chi connectivity index (χ1) is 25.1. The molecule has 3 N–H and O–H groups in total. The number of aromatic nitrogens is 4. The summed E-state index contributed by atoms with van der Waals surface area (Å²) in [7, 11) is 1.44. The zero-order chi connectivity index (χ0) is 38.5. The summed E-state index contributed by atoms with van der Waals surface area (Å²) in [5.74, 6) is -0.820. The summed E-state index contributed by atoms with van der Waals surface area (Å²) in [6.45, 7) is 3.02. The SMILES string of the molecule is COc1c(C(=O)NCc2cccc(C(F)(F)F)c2)c(C)nc2ncccc12.Cc1[nH]c2ncccc2c(=O)c1C(=O)NCc1cccc(C(F)(F)F)c1. The highest BCUT2D eigenvalue weighted by Gasteiger charge is 2.31. The number of carbonyl (C=O) groups is 2. The van der Waals surface area contributed by atoms with Crippen LogP contribution in [0.5, 0.6) is 5.75 Å². The Kier molecular flexibility index (Phi) is 11.1. The molecule has 274 valence electrons. The van der Waals surface area contributed by atoms with Crippen molar-refractivity contribution in [2.24, 2.45) is 0 Å². The summed E-state index contributed by atoms with van der Waals surface area (Å²) >= 11 is 0. The highest BCUT2D eigenvalue weighted by Crippen LogP contribution is 2.32. The third-order valence-corrected chi connectivity index (χ3v) is 7.93. The lowest BCUT2D eigenvalue weighted by molar-refractivity contribution is -0.138. The highest BCUT2D eigenvalue weighted by atomic mass is 19.4. The molecule has 0 aliphatic rings. The number of rotatable bonds is 7. The molecule has 0 aliphatic heterocycles. The molecule has 0 radical (unpaired) electrons. The summed E-state index contributed by atoms with van der Waals surface area (Å²) in [5, 5.41) is 5.97. The minimum absolute atomic E-state index is 0.0591. The summed E-state index contributed by atoms with van der Waals surface area (Å²) in [6.07, 6.45) is -5.79. The molecule has 53 heavy (non-hydrogen) atoms. The second-order valence-electron chi connectivity index (χ2n) is 11.6. The molecule has 4 aromatic heterocycles. The quantitative estimate of drug-likeness (QED) is 0.149. The van der Waals surface area contributed by atoms with Crippen molar-refractivity contribution in [2.75, 3.05) is 7.11 Å². The van der Waals surface area contributed by atoms with E-state index in [9.17, 15) is 40.7 Å². The lowest BCUT2D eigenvalue weighted by Crippen LogP contribution is -2.30. The number of fused-ring (bicyclic) bond motifs is 2. The predicted octanol–water partition coefficient (Wildman–Crippen LogP) is 7.08. The average molecular weight is 737 g/mol. The molecular weight excluding hydrogens is 706 g/mol. The van der Waals surface area contributed by atoms with Gasteiger partial charge in [-0.25, -0.2) is 15.0 Å². The van der Waals surface area contributed by atoms with Crippen LogP contribution in [0.2, 0.25) is 0 Å². The standard InChI is InChI=1S/C19H16F3N3O2.C18H14F3N3O2/c1-11-15(16(27-2)14-7-4-8-23-17(14)25-11)18(26)24-10-12-5-3-6-13(9-12)19(20,21)22;1-10-14(15(25)13-6-3-7-22-16(13)24-10)17(26)23-9-11-4-2-5-12(8-11)18(19,20)21/h3-9H,10H2,1-2H3,(H,24,26);2-8H,9H2,1H3,(H,23,26)(H,22,24,25). The van der Waals surface area contributed by atoms with E-state index in [1.165, 1.54) is 37.6 Å². The first kappa shape index (κ1) is 37.9. The molecule has 16 heteroatoms. The molecule has 6 rings (SSSR count). The fourth-order valence-electron chi connectivity index (χ4n) is 5.42. The Hall–Kier alpha value is -6.32. The van der Waals surface area contributed by atoms with Crippen molar-refractivity contribution in [3.05, 3.63) is 140 Å².